The number of carbonyl (C=O) groups is 2. The van der Waals surface area contributed by atoms with E-state index in [0.29, 0.717) is 0 Å². The summed E-state index contributed by atoms with van der Waals surface area (Å²) in [4.78, 5) is 39.9. The number of nitrogens with one attached hydrogen (secondary N) is 1. The fourth-order valence-electron chi connectivity index (χ4n) is 1.34. The van der Waals surface area contributed by atoms with Crippen LogP contribution < -0.4 is 5.32 Å². The van der Waals surface area contributed by atoms with Crippen LogP contribution in [0.1, 0.15) is 12.5 Å². The van der Waals surface area contributed by atoms with Crippen molar-refractivity contribution >= 4 is 19.7 Å². The van der Waals surface area contributed by atoms with E-state index in [1.807, 2.05) is 6.07 Å². The monoisotopic (exact) mass is 317 g/mol. The lowest BCUT2D eigenvalue weighted by Gasteiger charge is -2.13. The molecule has 1 unspecified atom stereocenters. The summed E-state index contributed by atoms with van der Waals surface area (Å²) in [5.41, 5.74) is 0.789. The smallest absolute Gasteiger partial charge is 0.445 e. The Labute approximate surface area is 121 Å². The number of phosphoric ester groups is 1. The first-order valence-corrected chi connectivity index (χ1v) is 7.52. The van der Waals surface area contributed by atoms with Crippen LogP contribution >= 0.6 is 7.82 Å². The number of alkyl carbamates (subject to hydrolysis) is 1. The Kier molecular flexibility index (Phi) is 6.51. The fraction of sp³-hybridized carbons (Fsp3) is 0.333. The average Bonchev–Trinajstić information content (AvgIpc) is 2.41. The van der Waals surface area contributed by atoms with Gasteiger partial charge in [0.05, 0.1) is 6.54 Å². The molecule has 1 rings (SSSR count). The standard InChI is InChI=1S/C12H16NO7P/c1-9(20-21(16,17)18)11(14)7-13-12(15)19-8-10-5-3-2-4-6-10/h2-6,9H,7-8H2,1H3,(H,13,15)(H2,16,17,18). The van der Waals surface area contributed by atoms with Crippen molar-refractivity contribution in [3.8, 4) is 0 Å². The number of ether oxygens (including phenoxy) is 1. The van der Waals surface area contributed by atoms with E-state index in [1.54, 1.807) is 24.3 Å². The Bertz CT molecular complexity index is 528. The summed E-state index contributed by atoms with van der Waals surface area (Å²) in [5, 5.41) is 2.18. The predicted molar refractivity (Wildman–Crippen MR) is 72.2 cm³/mol. The maximum absolute atomic E-state index is 11.5. The van der Waals surface area contributed by atoms with Gasteiger partial charge in [-0.1, -0.05) is 30.3 Å². The van der Waals surface area contributed by atoms with Crippen LogP contribution in [0.5, 0.6) is 0 Å². The van der Waals surface area contributed by atoms with E-state index in [1.165, 1.54) is 6.92 Å². The normalized spacial score (nSPS) is 12.5. The summed E-state index contributed by atoms with van der Waals surface area (Å²) in [6, 6.07) is 8.95. The summed E-state index contributed by atoms with van der Waals surface area (Å²) in [7, 11) is -4.74. The molecule has 0 spiro atoms. The molecule has 1 atom stereocenters. The van der Waals surface area contributed by atoms with Gasteiger partial charge in [-0.25, -0.2) is 9.36 Å². The molecule has 0 saturated heterocycles. The number of phosphoric acid groups is 1. The molecule has 21 heavy (non-hydrogen) atoms. The molecule has 3 N–H and O–H groups in total. The van der Waals surface area contributed by atoms with Crippen LogP contribution in [0.4, 0.5) is 4.79 Å². The number of carbonyl (C=O) groups excluding carboxylic acids is 2. The van der Waals surface area contributed by atoms with Crippen molar-refractivity contribution in [1.82, 2.24) is 5.32 Å². The van der Waals surface area contributed by atoms with E-state index in [2.05, 4.69) is 9.84 Å². The second kappa shape index (κ2) is 7.90. The van der Waals surface area contributed by atoms with Crippen molar-refractivity contribution in [3.63, 3.8) is 0 Å². The summed E-state index contributed by atoms with van der Waals surface area (Å²) in [5.74, 6) is -0.685. The van der Waals surface area contributed by atoms with Crippen LogP contribution in [0.2, 0.25) is 0 Å². The number of ketones is 1. The number of amides is 1. The van der Waals surface area contributed by atoms with Crippen molar-refractivity contribution < 1.29 is 33.2 Å². The van der Waals surface area contributed by atoms with Gasteiger partial charge in [-0.05, 0) is 12.5 Å². The molecule has 1 amide bonds. The summed E-state index contributed by atoms with van der Waals surface area (Å²) in [6.07, 6.45) is -2.14. The molecule has 0 radical (unpaired) electrons. The molecule has 0 aliphatic heterocycles. The fourth-order valence-corrected chi connectivity index (χ4v) is 1.87. The molecule has 0 aromatic heterocycles. The van der Waals surface area contributed by atoms with Gasteiger partial charge in [0.25, 0.3) is 0 Å². The van der Waals surface area contributed by atoms with Gasteiger partial charge in [0, 0.05) is 0 Å². The number of benzene rings is 1. The first-order valence-electron chi connectivity index (χ1n) is 5.99. The molecule has 1 aromatic rings. The van der Waals surface area contributed by atoms with E-state index < -0.39 is 32.3 Å². The summed E-state index contributed by atoms with van der Waals surface area (Å²) >= 11 is 0. The third kappa shape index (κ3) is 7.57. The van der Waals surface area contributed by atoms with Gasteiger partial charge in [0.15, 0.2) is 5.78 Å². The highest BCUT2D eigenvalue weighted by Crippen LogP contribution is 2.37. The van der Waals surface area contributed by atoms with Crippen LogP contribution in [0.15, 0.2) is 30.3 Å². The number of hydrogen-bond acceptors (Lipinski definition) is 5. The van der Waals surface area contributed by atoms with Crippen LogP contribution in [0, 0.1) is 0 Å². The first-order chi connectivity index (χ1) is 9.78. The topological polar surface area (TPSA) is 122 Å². The zero-order valence-electron chi connectivity index (χ0n) is 11.3. The number of Topliss-reactive ketones (excluding diaryl/α,β-unsaturated/α-hetero) is 1. The second-order valence-corrected chi connectivity index (χ2v) is 5.31. The lowest BCUT2D eigenvalue weighted by molar-refractivity contribution is -0.124. The van der Waals surface area contributed by atoms with Crippen LogP contribution in [0.3, 0.4) is 0 Å². The number of rotatable bonds is 7. The third-order valence-corrected chi connectivity index (χ3v) is 2.96. The van der Waals surface area contributed by atoms with E-state index in [4.69, 9.17) is 14.5 Å². The zero-order chi connectivity index (χ0) is 15.9. The van der Waals surface area contributed by atoms with Gasteiger partial charge < -0.3 is 19.8 Å². The molecule has 0 aliphatic rings. The minimum atomic E-state index is -4.74. The molecule has 0 fully saturated rings. The highest BCUT2D eigenvalue weighted by molar-refractivity contribution is 7.46. The Balaban J connectivity index is 2.29. The second-order valence-electron chi connectivity index (χ2n) is 4.12. The Morgan fingerprint density at radius 3 is 2.48 bits per heavy atom. The molecular weight excluding hydrogens is 301 g/mol. The lowest BCUT2D eigenvalue weighted by Crippen LogP contribution is -2.35. The van der Waals surface area contributed by atoms with Crippen LogP contribution in [-0.4, -0.2) is 34.3 Å². The van der Waals surface area contributed by atoms with E-state index in [0.717, 1.165) is 5.56 Å². The SMILES string of the molecule is CC(OP(=O)(O)O)C(=O)CNC(=O)OCc1ccccc1. The maximum atomic E-state index is 11.5. The Morgan fingerprint density at radius 1 is 1.29 bits per heavy atom. The van der Waals surface area contributed by atoms with Gasteiger partial charge in [0.2, 0.25) is 0 Å². The van der Waals surface area contributed by atoms with Crippen molar-refractivity contribution in [1.29, 1.82) is 0 Å². The zero-order valence-corrected chi connectivity index (χ0v) is 12.2. The van der Waals surface area contributed by atoms with Crippen molar-refractivity contribution in [2.45, 2.75) is 19.6 Å². The third-order valence-electron chi connectivity index (χ3n) is 2.37. The highest BCUT2D eigenvalue weighted by Gasteiger charge is 2.24. The Hall–Kier alpha value is -1.73. The van der Waals surface area contributed by atoms with E-state index in [9.17, 15) is 14.2 Å². The minimum Gasteiger partial charge on any atom is -0.445 e. The largest absolute Gasteiger partial charge is 0.470 e. The molecule has 116 valence electrons. The quantitative estimate of drug-likeness (QED) is 0.641. The molecule has 0 saturated carbocycles. The molecule has 0 heterocycles. The number of hydrogen-bond donors (Lipinski definition) is 3. The van der Waals surface area contributed by atoms with Gasteiger partial charge in [0.1, 0.15) is 12.7 Å². The predicted octanol–water partition coefficient (Wildman–Crippen LogP) is 0.980. The van der Waals surface area contributed by atoms with Gasteiger partial charge in [-0.2, -0.15) is 0 Å². The van der Waals surface area contributed by atoms with E-state index >= 15 is 0 Å². The molecule has 0 bridgehead atoms. The summed E-state index contributed by atoms with van der Waals surface area (Å²) in [6.45, 7) is 0.780. The van der Waals surface area contributed by atoms with Gasteiger partial charge in [-0.3, -0.25) is 9.32 Å². The average molecular weight is 317 g/mol. The highest BCUT2D eigenvalue weighted by atomic mass is 31.2. The molecule has 0 aliphatic carbocycles. The van der Waals surface area contributed by atoms with Crippen molar-refractivity contribution in [2.24, 2.45) is 0 Å². The minimum absolute atomic E-state index is 0.0510. The summed E-state index contributed by atoms with van der Waals surface area (Å²) < 4.78 is 19.6. The molecule has 8 nitrogen and oxygen atoms in total. The van der Waals surface area contributed by atoms with Gasteiger partial charge >= 0.3 is 13.9 Å². The van der Waals surface area contributed by atoms with Crippen molar-refractivity contribution in [3.05, 3.63) is 35.9 Å². The van der Waals surface area contributed by atoms with Crippen molar-refractivity contribution in [2.75, 3.05) is 6.54 Å². The maximum Gasteiger partial charge on any atom is 0.470 e. The van der Waals surface area contributed by atoms with E-state index in [-0.39, 0.29) is 6.61 Å². The molecule has 1 aromatic carbocycles. The van der Waals surface area contributed by atoms with Gasteiger partial charge in [-0.15, -0.1) is 0 Å². The lowest BCUT2D eigenvalue weighted by atomic mass is 10.2. The van der Waals surface area contributed by atoms with Crippen LogP contribution in [-0.2, 0) is 25.2 Å². The molecule has 9 heteroatoms. The first kappa shape index (κ1) is 17.3. The molecular formula is C12H16NO7P. The van der Waals surface area contributed by atoms with Crippen LogP contribution in [0.25, 0.3) is 0 Å². The Morgan fingerprint density at radius 2 is 1.90 bits per heavy atom.